The average molecular weight is 312 g/mol. The topological polar surface area (TPSA) is 52.3 Å². The number of fused-ring (bicyclic) bond motifs is 1. The summed E-state index contributed by atoms with van der Waals surface area (Å²) in [5.41, 5.74) is 0.945. The number of benzene rings is 2. The van der Waals surface area contributed by atoms with Gasteiger partial charge in [-0.3, -0.25) is 0 Å². The van der Waals surface area contributed by atoms with Crippen LogP contribution < -0.4 is 4.74 Å². The van der Waals surface area contributed by atoms with E-state index in [1.807, 2.05) is 37.4 Å². The van der Waals surface area contributed by atoms with Crippen LogP contribution in [0.4, 0.5) is 0 Å². The molecule has 0 saturated heterocycles. The van der Waals surface area contributed by atoms with Crippen molar-refractivity contribution in [3.8, 4) is 5.75 Å². The molecule has 0 bridgehead atoms. The second kappa shape index (κ2) is 6.19. The first-order valence-corrected chi connectivity index (χ1v) is 8.03. The highest BCUT2D eigenvalue weighted by molar-refractivity contribution is 7.98. The fraction of sp³-hybridized carbons (Fsp3) is 0.188. The first-order valence-electron chi connectivity index (χ1n) is 6.80. The van der Waals surface area contributed by atoms with Gasteiger partial charge in [-0.2, -0.15) is 9.78 Å². The molecule has 6 heteroatoms. The molecule has 1 aromatic heterocycles. The maximum absolute atomic E-state index is 5.47. The van der Waals surface area contributed by atoms with Crippen molar-refractivity contribution in [1.82, 2.24) is 14.9 Å². The lowest BCUT2D eigenvalue weighted by Crippen LogP contribution is -1.98. The zero-order valence-electron chi connectivity index (χ0n) is 12.6. The zero-order chi connectivity index (χ0) is 15.5. The highest BCUT2D eigenvalue weighted by Gasteiger charge is 2.08. The van der Waals surface area contributed by atoms with Crippen LogP contribution in [-0.2, 0) is 0 Å². The summed E-state index contributed by atoms with van der Waals surface area (Å²) >= 11 is 1.51. The summed E-state index contributed by atoms with van der Waals surface area (Å²) in [4.78, 5) is 0. The van der Waals surface area contributed by atoms with Crippen molar-refractivity contribution in [2.75, 3.05) is 13.4 Å². The summed E-state index contributed by atoms with van der Waals surface area (Å²) in [6.07, 6.45) is 3.76. The van der Waals surface area contributed by atoms with E-state index in [0.717, 1.165) is 33.1 Å². The van der Waals surface area contributed by atoms with Crippen molar-refractivity contribution >= 4 is 28.7 Å². The van der Waals surface area contributed by atoms with Gasteiger partial charge in [0.2, 0.25) is 5.16 Å². The number of nitrogens with zero attached hydrogens (tertiary/aromatic N) is 4. The Bertz CT molecular complexity index is 841. The fourth-order valence-corrected chi connectivity index (χ4v) is 2.78. The Balaban J connectivity index is 2.13. The van der Waals surface area contributed by atoms with E-state index in [2.05, 4.69) is 27.4 Å². The largest absolute Gasteiger partial charge is 0.496 e. The Morgan fingerprint density at radius 2 is 2.00 bits per heavy atom. The van der Waals surface area contributed by atoms with Gasteiger partial charge in [0, 0.05) is 5.56 Å². The molecular formula is C16H16N4OS. The van der Waals surface area contributed by atoms with Gasteiger partial charge in [0.25, 0.3) is 0 Å². The average Bonchev–Trinajstić information content (AvgIpc) is 2.92. The Hall–Kier alpha value is -2.34. The third-order valence-corrected chi connectivity index (χ3v) is 4.02. The maximum Gasteiger partial charge on any atom is 0.211 e. The second-order valence-electron chi connectivity index (χ2n) is 4.69. The third-order valence-electron chi connectivity index (χ3n) is 3.40. The van der Waals surface area contributed by atoms with Crippen molar-refractivity contribution in [1.29, 1.82) is 0 Å². The molecule has 5 nitrogen and oxygen atoms in total. The monoisotopic (exact) mass is 312 g/mol. The van der Waals surface area contributed by atoms with Gasteiger partial charge in [0.1, 0.15) is 5.75 Å². The number of aryl methyl sites for hydroxylation is 1. The molecule has 1 heterocycles. The summed E-state index contributed by atoms with van der Waals surface area (Å²) < 4.78 is 7.20. The molecule has 0 atom stereocenters. The van der Waals surface area contributed by atoms with Crippen LogP contribution in [0.25, 0.3) is 10.8 Å². The number of methoxy groups -OCH3 is 1. The number of ether oxygens (including phenoxy) is 1. The SMILES string of the molecule is COc1ccc2ccccc2c1/C=N\n1c(C)nnc1SC. The highest BCUT2D eigenvalue weighted by Crippen LogP contribution is 2.26. The minimum atomic E-state index is 0.750. The fourth-order valence-electron chi connectivity index (χ4n) is 2.30. The summed E-state index contributed by atoms with van der Waals surface area (Å²) in [6.45, 7) is 1.88. The number of rotatable bonds is 4. The van der Waals surface area contributed by atoms with Gasteiger partial charge in [0.05, 0.1) is 13.3 Å². The number of aromatic nitrogens is 3. The molecule has 0 aliphatic rings. The van der Waals surface area contributed by atoms with Crippen LogP contribution >= 0.6 is 11.8 Å². The minimum absolute atomic E-state index is 0.750. The molecular weight excluding hydrogens is 296 g/mol. The first-order chi connectivity index (χ1) is 10.7. The summed E-state index contributed by atoms with van der Waals surface area (Å²) in [7, 11) is 1.67. The number of hydrogen-bond acceptors (Lipinski definition) is 5. The molecule has 0 N–H and O–H groups in total. The molecule has 3 rings (SSSR count). The molecule has 0 fully saturated rings. The molecule has 3 aromatic rings. The lowest BCUT2D eigenvalue weighted by Gasteiger charge is -2.08. The van der Waals surface area contributed by atoms with Crippen molar-refractivity contribution in [3.05, 3.63) is 47.8 Å². The predicted molar refractivity (Wildman–Crippen MR) is 90.0 cm³/mol. The van der Waals surface area contributed by atoms with Crippen LogP contribution in [-0.4, -0.2) is 34.5 Å². The normalized spacial score (nSPS) is 11.4. The molecule has 0 spiro atoms. The van der Waals surface area contributed by atoms with Crippen molar-refractivity contribution in [3.63, 3.8) is 0 Å². The van der Waals surface area contributed by atoms with Crippen LogP contribution in [0.15, 0.2) is 46.7 Å². The van der Waals surface area contributed by atoms with Crippen LogP contribution in [0.2, 0.25) is 0 Å². The van der Waals surface area contributed by atoms with Crippen LogP contribution in [0.5, 0.6) is 5.75 Å². The lowest BCUT2D eigenvalue weighted by atomic mass is 10.0. The zero-order valence-corrected chi connectivity index (χ0v) is 13.5. The Morgan fingerprint density at radius 3 is 2.77 bits per heavy atom. The van der Waals surface area contributed by atoms with E-state index in [-0.39, 0.29) is 0 Å². The van der Waals surface area contributed by atoms with Gasteiger partial charge in [-0.25, -0.2) is 0 Å². The number of thioether (sulfide) groups is 1. The minimum Gasteiger partial charge on any atom is -0.496 e. The van der Waals surface area contributed by atoms with Crippen molar-refractivity contribution in [2.45, 2.75) is 12.1 Å². The Labute approximate surface area is 133 Å². The van der Waals surface area contributed by atoms with Crippen LogP contribution in [0.3, 0.4) is 0 Å². The Morgan fingerprint density at radius 1 is 1.18 bits per heavy atom. The highest BCUT2D eigenvalue weighted by atomic mass is 32.2. The third kappa shape index (κ3) is 2.57. The van der Waals surface area contributed by atoms with Gasteiger partial charge in [-0.05, 0) is 30.0 Å². The maximum atomic E-state index is 5.47. The molecule has 0 amide bonds. The van der Waals surface area contributed by atoms with Crippen LogP contribution in [0.1, 0.15) is 11.4 Å². The van der Waals surface area contributed by atoms with E-state index in [9.17, 15) is 0 Å². The first kappa shape index (κ1) is 14.6. The molecule has 0 aliphatic heterocycles. The molecule has 0 saturated carbocycles. The van der Waals surface area contributed by atoms with E-state index < -0.39 is 0 Å². The second-order valence-corrected chi connectivity index (χ2v) is 5.47. The lowest BCUT2D eigenvalue weighted by molar-refractivity contribution is 0.415. The van der Waals surface area contributed by atoms with Gasteiger partial charge in [-0.15, -0.1) is 10.2 Å². The van der Waals surface area contributed by atoms with Gasteiger partial charge in [-0.1, -0.05) is 42.1 Å². The molecule has 112 valence electrons. The van der Waals surface area contributed by atoms with Gasteiger partial charge < -0.3 is 4.74 Å². The van der Waals surface area contributed by atoms with E-state index in [1.165, 1.54) is 11.8 Å². The number of hydrogen-bond donors (Lipinski definition) is 0. The standard InChI is InChI=1S/C16H16N4OS/c1-11-18-19-16(22-3)20(11)17-10-14-13-7-5-4-6-12(13)8-9-15(14)21-2/h4-10H,1-3H3/b17-10-. The smallest absolute Gasteiger partial charge is 0.211 e. The predicted octanol–water partition coefficient (Wildman–Crippen LogP) is 3.35. The molecule has 0 aliphatic carbocycles. The van der Waals surface area contributed by atoms with E-state index >= 15 is 0 Å². The van der Waals surface area contributed by atoms with Gasteiger partial charge >= 0.3 is 0 Å². The quantitative estimate of drug-likeness (QED) is 0.547. The molecule has 0 unspecified atom stereocenters. The van der Waals surface area contributed by atoms with Crippen molar-refractivity contribution in [2.24, 2.45) is 5.10 Å². The molecule has 2 aromatic carbocycles. The molecule has 22 heavy (non-hydrogen) atoms. The Kier molecular flexibility index (Phi) is 4.11. The van der Waals surface area contributed by atoms with Crippen LogP contribution in [0, 0.1) is 6.92 Å². The summed E-state index contributed by atoms with van der Waals surface area (Å²) in [5, 5.41) is 15.7. The summed E-state index contributed by atoms with van der Waals surface area (Å²) in [6, 6.07) is 12.2. The van der Waals surface area contributed by atoms with Crippen molar-refractivity contribution < 1.29 is 4.74 Å². The van der Waals surface area contributed by atoms with E-state index in [0.29, 0.717) is 0 Å². The summed E-state index contributed by atoms with van der Waals surface area (Å²) in [5.74, 6) is 1.54. The van der Waals surface area contributed by atoms with Gasteiger partial charge in [0.15, 0.2) is 5.82 Å². The van der Waals surface area contributed by atoms with E-state index in [4.69, 9.17) is 4.74 Å². The molecule has 0 radical (unpaired) electrons. The van der Waals surface area contributed by atoms with E-state index in [1.54, 1.807) is 18.0 Å².